The van der Waals surface area contributed by atoms with Crippen LogP contribution in [0, 0.1) is 5.82 Å². The van der Waals surface area contributed by atoms with Crippen LogP contribution in [-0.4, -0.2) is 48.6 Å². The number of sulfone groups is 1. The molecule has 1 aliphatic heterocycles. The predicted molar refractivity (Wildman–Crippen MR) is 74.2 cm³/mol. The SMILES string of the molecule is COc1c(C2CNCCO2)cc(F)c(S(C)(=O)=O)c1OC. The van der Waals surface area contributed by atoms with Crippen molar-refractivity contribution in [1.82, 2.24) is 5.32 Å². The van der Waals surface area contributed by atoms with Crippen molar-refractivity contribution in [1.29, 1.82) is 0 Å². The Labute approximate surface area is 123 Å². The quantitative estimate of drug-likeness (QED) is 0.889. The average molecular weight is 319 g/mol. The van der Waals surface area contributed by atoms with Crippen LogP contribution < -0.4 is 14.8 Å². The number of benzene rings is 1. The highest BCUT2D eigenvalue weighted by molar-refractivity contribution is 7.90. The molecule has 0 amide bonds. The van der Waals surface area contributed by atoms with Crippen molar-refractivity contribution >= 4 is 9.84 Å². The van der Waals surface area contributed by atoms with Crippen LogP contribution in [0.2, 0.25) is 0 Å². The molecular formula is C13H18FNO5S. The molecule has 21 heavy (non-hydrogen) atoms. The van der Waals surface area contributed by atoms with Gasteiger partial charge in [-0.05, 0) is 6.07 Å². The minimum absolute atomic E-state index is 0.135. The number of methoxy groups -OCH3 is 2. The first-order chi connectivity index (χ1) is 9.90. The number of hydrogen-bond donors (Lipinski definition) is 1. The van der Waals surface area contributed by atoms with Crippen LogP contribution in [0.15, 0.2) is 11.0 Å². The molecule has 1 aromatic rings. The van der Waals surface area contributed by atoms with Crippen molar-refractivity contribution in [2.24, 2.45) is 0 Å². The van der Waals surface area contributed by atoms with E-state index >= 15 is 0 Å². The van der Waals surface area contributed by atoms with Gasteiger partial charge < -0.3 is 19.5 Å². The molecule has 0 saturated carbocycles. The second kappa shape index (κ2) is 6.17. The number of rotatable bonds is 4. The van der Waals surface area contributed by atoms with E-state index in [0.29, 0.717) is 25.3 Å². The summed E-state index contributed by atoms with van der Waals surface area (Å²) in [5.41, 5.74) is 0.423. The van der Waals surface area contributed by atoms with Gasteiger partial charge >= 0.3 is 0 Å². The Morgan fingerprint density at radius 2 is 2.00 bits per heavy atom. The first-order valence-electron chi connectivity index (χ1n) is 6.37. The lowest BCUT2D eigenvalue weighted by atomic mass is 10.1. The third kappa shape index (κ3) is 3.12. The van der Waals surface area contributed by atoms with Gasteiger partial charge in [0.05, 0.1) is 26.9 Å². The van der Waals surface area contributed by atoms with Crippen LogP contribution in [0.25, 0.3) is 0 Å². The summed E-state index contributed by atoms with van der Waals surface area (Å²) in [4.78, 5) is -0.505. The standard InChI is InChI=1S/C13H18FNO5S/c1-18-11-8(10-7-15-4-5-20-10)6-9(14)13(12(11)19-2)21(3,16)17/h6,10,15H,4-5,7H2,1-3H3. The van der Waals surface area contributed by atoms with Gasteiger partial charge in [-0.1, -0.05) is 0 Å². The number of hydrogen-bond acceptors (Lipinski definition) is 6. The van der Waals surface area contributed by atoms with Crippen molar-refractivity contribution in [3.05, 3.63) is 17.4 Å². The Balaban J connectivity index is 2.65. The monoisotopic (exact) mass is 319 g/mol. The first-order valence-corrected chi connectivity index (χ1v) is 8.26. The molecule has 0 spiro atoms. The van der Waals surface area contributed by atoms with Crippen LogP contribution in [0.5, 0.6) is 11.5 Å². The molecule has 1 unspecified atom stereocenters. The lowest BCUT2D eigenvalue weighted by Gasteiger charge is -2.26. The normalized spacial score (nSPS) is 19.3. The third-order valence-corrected chi connectivity index (χ3v) is 4.35. The molecule has 1 atom stereocenters. The molecule has 1 fully saturated rings. The highest BCUT2D eigenvalue weighted by Crippen LogP contribution is 2.42. The maximum Gasteiger partial charge on any atom is 0.182 e. The molecule has 118 valence electrons. The van der Waals surface area contributed by atoms with E-state index in [9.17, 15) is 12.8 Å². The zero-order valence-electron chi connectivity index (χ0n) is 12.1. The van der Waals surface area contributed by atoms with Crippen LogP contribution in [0.1, 0.15) is 11.7 Å². The third-order valence-electron chi connectivity index (χ3n) is 3.23. The highest BCUT2D eigenvalue weighted by Gasteiger charge is 2.30. The fourth-order valence-electron chi connectivity index (χ4n) is 2.36. The summed E-state index contributed by atoms with van der Waals surface area (Å²) in [7, 11) is -1.14. The lowest BCUT2D eigenvalue weighted by Crippen LogP contribution is -2.33. The summed E-state index contributed by atoms with van der Waals surface area (Å²) in [5, 5.41) is 3.12. The van der Waals surface area contributed by atoms with E-state index in [1.807, 2.05) is 0 Å². The van der Waals surface area contributed by atoms with Gasteiger partial charge in [-0.3, -0.25) is 0 Å². The van der Waals surface area contributed by atoms with Crippen molar-refractivity contribution in [3.8, 4) is 11.5 Å². The van der Waals surface area contributed by atoms with Gasteiger partial charge in [0.25, 0.3) is 0 Å². The Morgan fingerprint density at radius 3 is 2.48 bits per heavy atom. The number of halogens is 1. The predicted octanol–water partition coefficient (Wildman–Crippen LogP) is 0.907. The Kier molecular flexibility index (Phi) is 4.70. The molecule has 2 rings (SSSR count). The summed E-state index contributed by atoms with van der Waals surface area (Å²) in [6.45, 7) is 1.67. The summed E-state index contributed by atoms with van der Waals surface area (Å²) in [6, 6.07) is 1.13. The zero-order chi connectivity index (χ0) is 15.6. The lowest BCUT2D eigenvalue weighted by molar-refractivity contribution is 0.0257. The smallest absolute Gasteiger partial charge is 0.182 e. The second-order valence-corrected chi connectivity index (χ2v) is 6.63. The van der Waals surface area contributed by atoms with Gasteiger partial charge in [0.1, 0.15) is 10.7 Å². The van der Waals surface area contributed by atoms with Crippen LogP contribution in [0.3, 0.4) is 0 Å². The van der Waals surface area contributed by atoms with Crippen molar-refractivity contribution in [2.75, 3.05) is 40.2 Å². The topological polar surface area (TPSA) is 73.9 Å². The second-order valence-electron chi connectivity index (χ2n) is 4.68. The molecule has 1 heterocycles. The van der Waals surface area contributed by atoms with E-state index in [1.54, 1.807) is 0 Å². The minimum Gasteiger partial charge on any atom is -0.492 e. The van der Waals surface area contributed by atoms with Gasteiger partial charge in [0.2, 0.25) is 0 Å². The summed E-state index contributed by atoms with van der Waals surface area (Å²) in [6.07, 6.45) is 0.497. The Morgan fingerprint density at radius 1 is 1.33 bits per heavy atom. The van der Waals surface area contributed by atoms with Crippen molar-refractivity contribution in [3.63, 3.8) is 0 Å². The summed E-state index contributed by atoms with van der Waals surface area (Å²) in [5.74, 6) is -0.837. The zero-order valence-corrected chi connectivity index (χ0v) is 12.9. The number of nitrogens with one attached hydrogen (secondary N) is 1. The summed E-state index contributed by atoms with van der Waals surface area (Å²) < 4.78 is 53.7. The molecule has 1 N–H and O–H groups in total. The Hall–Kier alpha value is -1.38. The number of morpholine rings is 1. The maximum atomic E-state index is 14.3. The van der Waals surface area contributed by atoms with Gasteiger partial charge in [-0.15, -0.1) is 0 Å². The molecule has 1 aromatic carbocycles. The van der Waals surface area contributed by atoms with Crippen LogP contribution in [-0.2, 0) is 14.6 Å². The molecule has 0 radical (unpaired) electrons. The van der Waals surface area contributed by atoms with Gasteiger partial charge in [0, 0.05) is 24.9 Å². The highest BCUT2D eigenvalue weighted by atomic mass is 32.2. The molecule has 6 nitrogen and oxygen atoms in total. The first kappa shape index (κ1) is 16.0. The maximum absolute atomic E-state index is 14.3. The van der Waals surface area contributed by atoms with Gasteiger partial charge in [-0.2, -0.15) is 0 Å². The molecule has 8 heteroatoms. The van der Waals surface area contributed by atoms with Crippen molar-refractivity contribution in [2.45, 2.75) is 11.0 Å². The fourth-order valence-corrected chi connectivity index (χ4v) is 3.28. The van der Waals surface area contributed by atoms with E-state index in [2.05, 4.69) is 5.32 Å². The molecular weight excluding hydrogens is 301 g/mol. The molecule has 0 bridgehead atoms. The molecule has 0 aliphatic carbocycles. The molecule has 1 saturated heterocycles. The van der Waals surface area contributed by atoms with Gasteiger partial charge in [-0.25, -0.2) is 12.8 Å². The minimum atomic E-state index is -3.79. The van der Waals surface area contributed by atoms with Crippen molar-refractivity contribution < 1.29 is 27.0 Å². The largest absolute Gasteiger partial charge is 0.492 e. The Bertz CT molecular complexity index is 626. The average Bonchev–Trinajstić information content (AvgIpc) is 2.45. The van der Waals surface area contributed by atoms with E-state index in [-0.39, 0.29) is 11.5 Å². The number of ether oxygens (including phenoxy) is 3. The van der Waals surface area contributed by atoms with Gasteiger partial charge in [0.15, 0.2) is 21.3 Å². The van der Waals surface area contributed by atoms with Crippen LogP contribution in [0.4, 0.5) is 4.39 Å². The fraction of sp³-hybridized carbons (Fsp3) is 0.538. The van der Waals surface area contributed by atoms with E-state index < -0.39 is 26.7 Å². The van der Waals surface area contributed by atoms with Crippen LogP contribution >= 0.6 is 0 Å². The van der Waals surface area contributed by atoms with E-state index in [0.717, 1.165) is 12.3 Å². The van der Waals surface area contributed by atoms with E-state index in [1.165, 1.54) is 14.2 Å². The summed E-state index contributed by atoms with van der Waals surface area (Å²) >= 11 is 0. The molecule has 1 aliphatic rings. The van der Waals surface area contributed by atoms with E-state index in [4.69, 9.17) is 14.2 Å². The molecule has 0 aromatic heterocycles.